The molecule has 8 N–H and O–H groups in total. The zero-order valence-electron chi connectivity index (χ0n) is 23.0. The molecule has 4 aromatic rings. The molecular weight excluding hydrogens is 736 g/mol. The first kappa shape index (κ1) is 36.6. The molecule has 0 spiro atoms. The van der Waals surface area contributed by atoms with Crippen LogP contribution in [0.15, 0.2) is 12.1 Å². The van der Waals surface area contributed by atoms with E-state index in [0.717, 1.165) is 11.1 Å². The third kappa shape index (κ3) is 5.76. The molecule has 0 saturated carbocycles. The summed E-state index contributed by atoms with van der Waals surface area (Å²) in [4.78, 5) is 0. The Morgan fingerprint density at radius 2 is 0.580 bits per heavy atom. The minimum absolute atomic E-state index is 0.140. The zero-order valence-corrected chi connectivity index (χ0v) is 23.0. The summed E-state index contributed by atoms with van der Waals surface area (Å²) in [5, 5.41) is 0. The second-order valence-corrected chi connectivity index (χ2v) is 8.97. The van der Waals surface area contributed by atoms with Gasteiger partial charge in [0.1, 0.15) is 34.1 Å². The second-order valence-electron chi connectivity index (χ2n) is 8.97. The third-order valence-electron chi connectivity index (χ3n) is 6.47. The smallest absolute Gasteiger partial charge is 0.205 e. The van der Waals surface area contributed by atoms with Gasteiger partial charge in [-0.05, 0) is 0 Å². The van der Waals surface area contributed by atoms with Crippen LogP contribution in [0.4, 0.5) is 116 Å². The van der Waals surface area contributed by atoms with Gasteiger partial charge in [-0.1, -0.05) is 0 Å². The number of anilines is 8. The van der Waals surface area contributed by atoms with Gasteiger partial charge in [-0.3, -0.25) is 0 Å². The minimum Gasteiger partial charge on any atom is -0.448 e. The van der Waals surface area contributed by atoms with Crippen LogP contribution in [0.2, 0.25) is 0 Å². The molecule has 0 radical (unpaired) electrons. The van der Waals surface area contributed by atoms with E-state index in [-0.39, 0.29) is 12.1 Å². The van der Waals surface area contributed by atoms with Crippen molar-refractivity contribution in [2.24, 2.45) is 0 Å². The number of ether oxygens (including phenoxy) is 2. The summed E-state index contributed by atoms with van der Waals surface area (Å²) >= 11 is 0. The van der Waals surface area contributed by atoms with Crippen molar-refractivity contribution in [1.82, 2.24) is 0 Å². The SMILES string of the molecule is FNc1cc(Oc2c(F)c(F)c(-c3c(F)c(F)c(Oc4cc(NF)c(NF)c(NF)c4NF)c(F)c3F)c(F)c2F)c(NF)c(NF)c1NF. The van der Waals surface area contributed by atoms with Gasteiger partial charge >= 0.3 is 0 Å². The van der Waals surface area contributed by atoms with Gasteiger partial charge in [-0.25, -0.2) is 61.9 Å². The molecule has 0 aliphatic heterocycles. The van der Waals surface area contributed by atoms with E-state index in [1.807, 2.05) is 0 Å². The van der Waals surface area contributed by atoms with Gasteiger partial charge in [0.05, 0.1) is 22.5 Å². The van der Waals surface area contributed by atoms with Crippen LogP contribution in [-0.2, 0) is 0 Å². The monoisotopic (exact) mass is 746 g/mol. The Labute approximate surface area is 263 Å². The van der Waals surface area contributed by atoms with E-state index in [0.29, 0.717) is 33.2 Å². The van der Waals surface area contributed by atoms with Crippen molar-refractivity contribution >= 4 is 45.5 Å². The summed E-state index contributed by atoms with van der Waals surface area (Å²) in [5.41, 5.74) is -10.2. The molecule has 4 rings (SSSR count). The van der Waals surface area contributed by atoms with Gasteiger partial charge in [-0.2, -0.15) is 17.6 Å². The lowest BCUT2D eigenvalue weighted by molar-refractivity contribution is 0.360. The topological polar surface area (TPSA) is 115 Å². The summed E-state index contributed by atoms with van der Waals surface area (Å²) in [6.45, 7) is 0. The molecule has 0 aliphatic carbocycles. The Balaban J connectivity index is 1.91. The average molecular weight is 746 g/mol. The maximum atomic E-state index is 15.2. The number of nitrogens with one attached hydrogen (secondary N) is 8. The third-order valence-corrected chi connectivity index (χ3v) is 6.47. The highest BCUT2D eigenvalue weighted by atomic mass is 19.2. The van der Waals surface area contributed by atoms with Crippen LogP contribution >= 0.6 is 0 Å². The number of hydrogen-bond acceptors (Lipinski definition) is 10. The van der Waals surface area contributed by atoms with E-state index < -0.39 is 126 Å². The summed E-state index contributed by atoms with van der Waals surface area (Å²) in [5.74, 6) is -30.1. The molecule has 0 fully saturated rings. The first-order valence-electron chi connectivity index (χ1n) is 12.2. The van der Waals surface area contributed by atoms with Gasteiger partial charge in [0.2, 0.25) is 34.8 Å². The molecule has 26 heteroatoms. The van der Waals surface area contributed by atoms with E-state index in [4.69, 9.17) is 0 Å². The Morgan fingerprint density at radius 3 is 0.800 bits per heavy atom. The molecule has 4 aromatic carbocycles. The standard InChI is InChI=1S/C24H10F16N8O2/c25-9-7(10(26)14(30)23(13(9)29)49-5-1-3(41-33)17(43-35)21(47-39)19(5)45-37)8-11(27)15(31)24(16(32)12(8)28)50-6-2-4(42-34)18(44-36)22(48-40)20(6)46-38/h1-2,41-48H. The number of halogens is 16. The number of benzene rings is 4. The van der Waals surface area contributed by atoms with Crippen LogP contribution in [0.3, 0.4) is 0 Å². The van der Waals surface area contributed by atoms with Crippen LogP contribution in [0.25, 0.3) is 11.1 Å². The van der Waals surface area contributed by atoms with Crippen molar-refractivity contribution in [3.63, 3.8) is 0 Å². The number of rotatable bonds is 13. The molecule has 0 atom stereocenters. The largest absolute Gasteiger partial charge is 0.448 e. The van der Waals surface area contributed by atoms with Gasteiger partial charge in [0.25, 0.3) is 0 Å². The summed E-state index contributed by atoms with van der Waals surface area (Å²) in [6, 6.07) is 0.279. The molecule has 0 heterocycles. The maximum Gasteiger partial charge on any atom is 0.205 e. The lowest BCUT2D eigenvalue weighted by Gasteiger charge is -2.19. The van der Waals surface area contributed by atoms with E-state index in [9.17, 15) is 35.9 Å². The quantitative estimate of drug-likeness (QED) is 0.0382. The molecule has 50 heavy (non-hydrogen) atoms. The summed E-state index contributed by atoms with van der Waals surface area (Å²) in [7, 11) is 0. The fraction of sp³-hybridized carbons (Fsp3) is 0. The Morgan fingerprint density at radius 1 is 0.320 bits per heavy atom. The van der Waals surface area contributed by atoms with Crippen molar-refractivity contribution in [2.45, 2.75) is 0 Å². The highest BCUT2D eigenvalue weighted by Crippen LogP contribution is 2.50. The van der Waals surface area contributed by atoms with Gasteiger partial charge in [0, 0.05) is 12.1 Å². The summed E-state index contributed by atoms with van der Waals surface area (Å²) < 4.78 is 236. The van der Waals surface area contributed by atoms with Crippen molar-refractivity contribution in [1.29, 1.82) is 0 Å². The van der Waals surface area contributed by atoms with Crippen molar-refractivity contribution in [3.8, 4) is 34.1 Å². The average Bonchev–Trinajstić information content (AvgIpc) is 3.12. The van der Waals surface area contributed by atoms with Crippen LogP contribution in [0.5, 0.6) is 23.0 Å². The van der Waals surface area contributed by atoms with Gasteiger partial charge in [-0.15, -0.1) is 35.9 Å². The van der Waals surface area contributed by atoms with Crippen molar-refractivity contribution in [2.75, 3.05) is 44.3 Å². The maximum absolute atomic E-state index is 15.2. The molecule has 0 amide bonds. The minimum atomic E-state index is -2.87. The Bertz CT molecular complexity index is 1770. The molecule has 10 nitrogen and oxygen atoms in total. The molecule has 0 bridgehead atoms. The van der Waals surface area contributed by atoms with E-state index in [2.05, 4.69) is 9.47 Å². The first-order valence-corrected chi connectivity index (χ1v) is 12.2. The predicted octanol–water partition coefficient (Wildman–Crippen LogP) is 10.4. The van der Waals surface area contributed by atoms with Crippen LogP contribution < -0.4 is 53.8 Å². The van der Waals surface area contributed by atoms with Crippen LogP contribution in [-0.4, -0.2) is 0 Å². The molecule has 270 valence electrons. The highest BCUT2D eigenvalue weighted by Gasteiger charge is 2.37. The van der Waals surface area contributed by atoms with Crippen molar-refractivity contribution in [3.05, 3.63) is 58.7 Å². The van der Waals surface area contributed by atoms with E-state index >= 15 is 35.1 Å². The predicted molar refractivity (Wildman–Crippen MR) is 142 cm³/mol. The van der Waals surface area contributed by atoms with Gasteiger partial charge in [0.15, 0.2) is 34.8 Å². The van der Waals surface area contributed by atoms with Crippen molar-refractivity contribution < 1.29 is 80.4 Å². The second kappa shape index (κ2) is 14.5. The molecule has 0 saturated heterocycles. The zero-order chi connectivity index (χ0) is 37.2. The van der Waals surface area contributed by atoms with E-state index in [1.54, 1.807) is 0 Å². The molecule has 0 aromatic heterocycles. The van der Waals surface area contributed by atoms with Crippen LogP contribution in [0, 0.1) is 46.5 Å². The van der Waals surface area contributed by atoms with Gasteiger partial charge < -0.3 is 9.47 Å². The Kier molecular flexibility index (Phi) is 10.6. The molecular formula is C24H10F16N8O2. The lowest BCUT2D eigenvalue weighted by atomic mass is 10.0. The number of hydrogen-bond donors (Lipinski definition) is 8. The first-order chi connectivity index (χ1) is 23.8. The fourth-order valence-electron chi connectivity index (χ4n) is 4.26. The summed E-state index contributed by atoms with van der Waals surface area (Å²) in [6.07, 6.45) is 0. The normalized spacial score (nSPS) is 10.8. The fourth-order valence-corrected chi connectivity index (χ4v) is 4.26. The highest BCUT2D eigenvalue weighted by molar-refractivity contribution is 5.94. The Hall–Kier alpha value is -6.24. The molecule has 0 aliphatic rings. The van der Waals surface area contributed by atoms with Crippen LogP contribution in [0.1, 0.15) is 0 Å². The molecule has 0 unspecified atom stereocenters. The lowest BCUT2D eigenvalue weighted by Crippen LogP contribution is -2.10. The van der Waals surface area contributed by atoms with E-state index in [1.165, 1.54) is 0 Å².